The molecule has 9 heteroatoms. The number of hydrogen-bond donors (Lipinski definition) is 1. The van der Waals surface area contributed by atoms with Gasteiger partial charge in [-0.1, -0.05) is 6.08 Å². The molecule has 1 heterocycles. The average molecular weight is 404 g/mol. The van der Waals surface area contributed by atoms with E-state index in [0.29, 0.717) is 22.9 Å². The van der Waals surface area contributed by atoms with Crippen LogP contribution in [0.1, 0.15) is 0 Å². The first kappa shape index (κ1) is 19.7. The molecule has 3 rings (SSSR count). The van der Waals surface area contributed by atoms with Crippen molar-refractivity contribution in [2.75, 3.05) is 32.3 Å². The molecule has 148 valence electrons. The monoisotopic (exact) mass is 404 g/mol. The summed E-state index contributed by atoms with van der Waals surface area (Å²) in [6.45, 7) is 3.33. The second-order valence-electron chi connectivity index (χ2n) is 5.88. The van der Waals surface area contributed by atoms with E-state index in [9.17, 15) is 13.2 Å². The number of sulfonamides is 1. The number of carbonyl (C=O) groups excluding carboxylic acids is 1. The molecule has 0 unspecified atom stereocenters. The third-order valence-electron chi connectivity index (χ3n) is 4.01. The first-order valence-corrected chi connectivity index (χ1v) is 9.82. The first-order valence-electron chi connectivity index (χ1n) is 8.38. The van der Waals surface area contributed by atoms with E-state index in [0.717, 1.165) is 4.31 Å². The van der Waals surface area contributed by atoms with Crippen molar-refractivity contribution in [2.24, 2.45) is 0 Å². The van der Waals surface area contributed by atoms with E-state index in [4.69, 9.17) is 14.2 Å². The Labute approximate surface area is 163 Å². The molecule has 0 bridgehead atoms. The SMILES string of the molecule is C=CCN(CC(=O)Nc1ccc2c(c1)OCO2)S(=O)(=O)c1ccc(OC)cc1. The lowest BCUT2D eigenvalue weighted by molar-refractivity contribution is -0.116. The molecular weight excluding hydrogens is 384 g/mol. The summed E-state index contributed by atoms with van der Waals surface area (Å²) < 4.78 is 42.3. The number of amides is 1. The lowest BCUT2D eigenvalue weighted by atomic mass is 10.3. The van der Waals surface area contributed by atoms with Crippen LogP contribution in [0.25, 0.3) is 0 Å². The van der Waals surface area contributed by atoms with Crippen LogP contribution in [0.15, 0.2) is 60.0 Å². The highest BCUT2D eigenvalue weighted by molar-refractivity contribution is 7.89. The number of fused-ring (bicyclic) bond motifs is 1. The molecule has 1 amide bonds. The molecule has 28 heavy (non-hydrogen) atoms. The summed E-state index contributed by atoms with van der Waals surface area (Å²) in [4.78, 5) is 12.5. The standard InChI is InChI=1S/C19H20N2O6S/c1-3-10-21(28(23,24)16-7-5-15(25-2)6-8-16)12-19(22)20-14-4-9-17-18(11-14)27-13-26-17/h3-9,11H,1,10,12-13H2,2H3,(H,20,22). The van der Waals surface area contributed by atoms with Gasteiger partial charge in [0.25, 0.3) is 0 Å². The zero-order valence-electron chi connectivity index (χ0n) is 15.3. The lowest BCUT2D eigenvalue weighted by Gasteiger charge is -2.20. The summed E-state index contributed by atoms with van der Waals surface area (Å²) >= 11 is 0. The quantitative estimate of drug-likeness (QED) is 0.678. The fourth-order valence-corrected chi connectivity index (χ4v) is 3.99. The fourth-order valence-electron chi connectivity index (χ4n) is 2.62. The Morgan fingerprint density at radius 1 is 1.21 bits per heavy atom. The Kier molecular flexibility index (Phi) is 5.86. The second kappa shape index (κ2) is 8.32. The van der Waals surface area contributed by atoms with Gasteiger partial charge in [0.2, 0.25) is 22.7 Å². The Bertz CT molecular complexity index is 972. The highest BCUT2D eigenvalue weighted by Crippen LogP contribution is 2.34. The lowest BCUT2D eigenvalue weighted by Crippen LogP contribution is -2.38. The molecule has 2 aromatic carbocycles. The van der Waals surface area contributed by atoms with Gasteiger partial charge in [0.15, 0.2) is 11.5 Å². The number of benzene rings is 2. The maximum Gasteiger partial charge on any atom is 0.243 e. The smallest absolute Gasteiger partial charge is 0.243 e. The molecule has 1 N–H and O–H groups in total. The van der Waals surface area contributed by atoms with Crippen LogP contribution in [0.4, 0.5) is 5.69 Å². The number of carbonyl (C=O) groups is 1. The molecule has 1 aliphatic heterocycles. The number of rotatable bonds is 8. The molecule has 0 saturated carbocycles. The first-order chi connectivity index (χ1) is 13.4. The maximum absolute atomic E-state index is 12.9. The number of methoxy groups -OCH3 is 1. The van der Waals surface area contributed by atoms with Crippen molar-refractivity contribution in [1.82, 2.24) is 4.31 Å². The third-order valence-corrected chi connectivity index (χ3v) is 5.83. The highest BCUT2D eigenvalue weighted by atomic mass is 32.2. The van der Waals surface area contributed by atoms with Gasteiger partial charge in [-0.3, -0.25) is 4.79 Å². The molecule has 0 atom stereocenters. The van der Waals surface area contributed by atoms with Crippen molar-refractivity contribution in [2.45, 2.75) is 4.90 Å². The summed E-state index contributed by atoms with van der Waals surface area (Å²) in [6.07, 6.45) is 1.43. The fraction of sp³-hybridized carbons (Fsp3) is 0.211. The molecule has 8 nitrogen and oxygen atoms in total. The summed E-state index contributed by atoms with van der Waals surface area (Å²) in [5.41, 5.74) is 0.481. The Morgan fingerprint density at radius 3 is 2.61 bits per heavy atom. The molecule has 0 saturated heterocycles. The number of anilines is 1. The van der Waals surface area contributed by atoms with Crippen LogP contribution in [-0.2, 0) is 14.8 Å². The van der Waals surface area contributed by atoms with E-state index in [1.807, 2.05) is 0 Å². The van der Waals surface area contributed by atoms with Crippen molar-refractivity contribution in [3.05, 3.63) is 55.1 Å². The van der Waals surface area contributed by atoms with Gasteiger partial charge in [-0.25, -0.2) is 8.42 Å². The molecule has 0 aliphatic carbocycles. The van der Waals surface area contributed by atoms with Crippen LogP contribution in [0.3, 0.4) is 0 Å². The molecule has 0 spiro atoms. The minimum atomic E-state index is -3.88. The average Bonchev–Trinajstić information content (AvgIpc) is 3.15. The molecule has 2 aromatic rings. The third kappa shape index (κ3) is 4.26. The predicted octanol–water partition coefficient (Wildman–Crippen LogP) is 2.24. The van der Waals surface area contributed by atoms with E-state index < -0.39 is 15.9 Å². The van der Waals surface area contributed by atoms with Crippen molar-refractivity contribution < 1.29 is 27.4 Å². The van der Waals surface area contributed by atoms with Crippen molar-refractivity contribution in [1.29, 1.82) is 0 Å². The van der Waals surface area contributed by atoms with E-state index in [2.05, 4.69) is 11.9 Å². The van der Waals surface area contributed by atoms with Crippen LogP contribution in [0.2, 0.25) is 0 Å². The van der Waals surface area contributed by atoms with E-state index in [1.54, 1.807) is 30.3 Å². The summed E-state index contributed by atoms with van der Waals surface area (Å²) in [5.74, 6) is 1.16. The summed E-state index contributed by atoms with van der Waals surface area (Å²) in [6, 6.07) is 10.9. The van der Waals surface area contributed by atoms with Gasteiger partial charge in [0, 0.05) is 18.3 Å². The van der Waals surface area contributed by atoms with Gasteiger partial charge in [0.1, 0.15) is 5.75 Å². The van der Waals surface area contributed by atoms with Gasteiger partial charge in [0.05, 0.1) is 18.6 Å². The highest BCUT2D eigenvalue weighted by Gasteiger charge is 2.26. The number of hydrogen-bond acceptors (Lipinski definition) is 6. The van der Waals surface area contributed by atoms with E-state index >= 15 is 0 Å². The van der Waals surface area contributed by atoms with Crippen LogP contribution in [0.5, 0.6) is 17.2 Å². The van der Waals surface area contributed by atoms with E-state index in [-0.39, 0.29) is 24.8 Å². The van der Waals surface area contributed by atoms with Crippen LogP contribution >= 0.6 is 0 Å². The molecule has 1 aliphatic rings. The van der Waals surface area contributed by atoms with Crippen LogP contribution < -0.4 is 19.5 Å². The van der Waals surface area contributed by atoms with Gasteiger partial charge in [-0.05, 0) is 36.4 Å². The van der Waals surface area contributed by atoms with Gasteiger partial charge >= 0.3 is 0 Å². The van der Waals surface area contributed by atoms with Crippen LogP contribution in [-0.4, -0.2) is 45.6 Å². The van der Waals surface area contributed by atoms with Crippen molar-refractivity contribution in [3.63, 3.8) is 0 Å². The normalized spacial score (nSPS) is 12.6. The topological polar surface area (TPSA) is 94.2 Å². The summed E-state index contributed by atoms with van der Waals surface area (Å²) in [5, 5.41) is 2.67. The number of ether oxygens (including phenoxy) is 3. The minimum absolute atomic E-state index is 0.0110. The predicted molar refractivity (Wildman–Crippen MR) is 103 cm³/mol. The largest absolute Gasteiger partial charge is 0.497 e. The number of nitrogens with zero attached hydrogens (tertiary/aromatic N) is 1. The van der Waals surface area contributed by atoms with Crippen LogP contribution in [0, 0.1) is 0 Å². The zero-order valence-corrected chi connectivity index (χ0v) is 16.1. The minimum Gasteiger partial charge on any atom is -0.497 e. The van der Waals surface area contributed by atoms with Crippen molar-refractivity contribution in [3.8, 4) is 17.2 Å². The van der Waals surface area contributed by atoms with Gasteiger partial charge < -0.3 is 19.5 Å². The van der Waals surface area contributed by atoms with Crippen molar-refractivity contribution >= 4 is 21.6 Å². The molecule has 0 aromatic heterocycles. The molecule has 0 fully saturated rings. The molecule has 0 radical (unpaired) electrons. The number of nitrogens with one attached hydrogen (secondary N) is 1. The Hall–Kier alpha value is -3.04. The summed E-state index contributed by atoms with van der Waals surface area (Å²) in [7, 11) is -2.39. The van der Waals surface area contributed by atoms with E-state index in [1.165, 1.54) is 25.3 Å². The molecular formula is C19H20N2O6S. The Balaban J connectivity index is 1.74. The zero-order chi connectivity index (χ0) is 20.1. The van der Waals surface area contributed by atoms with Gasteiger partial charge in [-0.2, -0.15) is 4.31 Å². The van der Waals surface area contributed by atoms with Gasteiger partial charge in [-0.15, -0.1) is 6.58 Å². The Morgan fingerprint density at radius 2 is 1.93 bits per heavy atom. The maximum atomic E-state index is 12.9. The second-order valence-corrected chi connectivity index (χ2v) is 7.82.